The van der Waals surface area contributed by atoms with Crippen LogP contribution in [-0.2, 0) is 28.9 Å². The molecule has 0 aromatic carbocycles. The molecule has 3 rings (SSSR count). The van der Waals surface area contributed by atoms with Crippen molar-refractivity contribution in [2.45, 2.75) is 25.7 Å². The summed E-state index contributed by atoms with van der Waals surface area (Å²) in [7, 11) is 0. The summed E-state index contributed by atoms with van der Waals surface area (Å²) in [5.74, 6) is -4.47. The van der Waals surface area contributed by atoms with E-state index in [-0.39, 0.29) is 35.4 Å². The normalized spacial score (nSPS) is 17.4. The van der Waals surface area contributed by atoms with Crippen LogP contribution in [0.2, 0.25) is 0 Å². The Kier molecular flexibility index (Phi) is 4.31. The summed E-state index contributed by atoms with van der Waals surface area (Å²) in [4.78, 5) is 78.8. The quantitative estimate of drug-likeness (QED) is 0.691. The predicted molar refractivity (Wildman–Crippen MR) is 77.3 cm³/mol. The fraction of sp³-hybridized carbons (Fsp3) is 0.286. The van der Waals surface area contributed by atoms with E-state index >= 15 is 0 Å². The number of thiophene rings is 1. The highest BCUT2D eigenvalue weighted by Gasteiger charge is 2.35. The van der Waals surface area contributed by atoms with E-state index < -0.39 is 35.6 Å². The lowest BCUT2D eigenvalue weighted by atomic mass is 10.4. The number of imide groups is 2. The van der Waals surface area contributed by atoms with E-state index in [2.05, 4.69) is 0 Å². The van der Waals surface area contributed by atoms with E-state index in [1.165, 1.54) is 12.1 Å². The minimum atomic E-state index is -0.985. The molecule has 0 radical (unpaired) electrons. The molecule has 0 saturated carbocycles. The molecule has 1 aromatic rings. The van der Waals surface area contributed by atoms with Crippen molar-refractivity contribution >= 4 is 46.9 Å². The van der Waals surface area contributed by atoms with E-state index in [0.717, 1.165) is 0 Å². The van der Waals surface area contributed by atoms with Crippen LogP contribution >= 0.6 is 11.3 Å². The summed E-state index contributed by atoms with van der Waals surface area (Å²) in [5, 5.41) is 0.781. The number of hydrogen-bond acceptors (Lipinski definition) is 9. The molecule has 2 fully saturated rings. The molecular weight excluding hydrogens is 356 g/mol. The van der Waals surface area contributed by atoms with Gasteiger partial charge < -0.3 is 9.68 Å². The number of nitrogens with zero attached hydrogens (tertiary/aromatic N) is 2. The third kappa shape index (κ3) is 3.26. The minimum absolute atomic E-state index is 0.0357. The van der Waals surface area contributed by atoms with Crippen molar-refractivity contribution in [3.8, 4) is 0 Å². The zero-order chi connectivity index (χ0) is 18.1. The predicted octanol–water partition coefficient (Wildman–Crippen LogP) is 0.190. The Morgan fingerprint density at radius 1 is 0.720 bits per heavy atom. The Morgan fingerprint density at radius 3 is 1.36 bits per heavy atom. The van der Waals surface area contributed by atoms with Crippen LogP contribution in [0.3, 0.4) is 0 Å². The third-order valence-corrected chi connectivity index (χ3v) is 4.41. The fourth-order valence-corrected chi connectivity index (χ4v) is 2.88. The molecule has 0 spiro atoms. The van der Waals surface area contributed by atoms with Gasteiger partial charge in [0.2, 0.25) is 0 Å². The molecule has 0 aliphatic carbocycles. The van der Waals surface area contributed by atoms with E-state index in [1.807, 2.05) is 0 Å². The largest absolute Gasteiger partial charge is 0.373 e. The van der Waals surface area contributed by atoms with Crippen molar-refractivity contribution in [3.05, 3.63) is 21.9 Å². The first-order chi connectivity index (χ1) is 11.9. The number of carbonyl (C=O) groups is 6. The molecule has 4 amide bonds. The second kappa shape index (κ2) is 6.43. The average Bonchev–Trinajstić information content (AvgIpc) is 3.26. The number of amides is 4. The Hall–Kier alpha value is -3.08. The summed E-state index contributed by atoms with van der Waals surface area (Å²) >= 11 is 0.673. The molecule has 3 heterocycles. The number of hydroxylamine groups is 4. The summed E-state index contributed by atoms with van der Waals surface area (Å²) < 4.78 is 0. The molecule has 2 aliphatic rings. The molecule has 1 aromatic heterocycles. The second-order valence-corrected chi connectivity index (χ2v) is 6.17. The van der Waals surface area contributed by atoms with E-state index in [4.69, 9.17) is 9.68 Å². The number of rotatable bonds is 4. The molecule has 0 unspecified atom stereocenters. The Bertz CT molecular complexity index is 717. The highest BCUT2D eigenvalue weighted by Crippen LogP contribution is 2.22. The van der Waals surface area contributed by atoms with Crippen molar-refractivity contribution in [2.24, 2.45) is 0 Å². The van der Waals surface area contributed by atoms with Crippen LogP contribution < -0.4 is 0 Å². The maximum atomic E-state index is 11.9. The molecular formula is C14H10N2O8S. The molecule has 130 valence electrons. The summed E-state index contributed by atoms with van der Waals surface area (Å²) in [5.41, 5.74) is 0. The summed E-state index contributed by atoms with van der Waals surface area (Å²) in [6.45, 7) is 0. The molecule has 10 nitrogen and oxygen atoms in total. The van der Waals surface area contributed by atoms with Gasteiger partial charge in [0.15, 0.2) is 0 Å². The maximum absolute atomic E-state index is 11.9. The standard InChI is InChI=1S/C14H10N2O8S/c17-9-3-4-10(18)15(9)23-13(21)7-1-2-8(25-7)14(22)24-16-11(19)5-6-12(16)20/h1-2H,3-6H2. The molecule has 25 heavy (non-hydrogen) atoms. The first-order valence-electron chi connectivity index (χ1n) is 7.13. The van der Waals surface area contributed by atoms with Gasteiger partial charge in [0.25, 0.3) is 23.6 Å². The van der Waals surface area contributed by atoms with Gasteiger partial charge >= 0.3 is 11.9 Å². The first kappa shape index (κ1) is 16.8. The fourth-order valence-electron chi connectivity index (χ4n) is 2.13. The Morgan fingerprint density at radius 2 is 1.04 bits per heavy atom. The molecule has 2 saturated heterocycles. The zero-order valence-corrected chi connectivity index (χ0v) is 13.4. The molecule has 0 atom stereocenters. The lowest BCUT2D eigenvalue weighted by Gasteiger charge is -2.12. The van der Waals surface area contributed by atoms with Gasteiger partial charge in [-0.15, -0.1) is 21.5 Å². The van der Waals surface area contributed by atoms with Crippen molar-refractivity contribution in [1.29, 1.82) is 0 Å². The van der Waals surface area contributed by atoms with Gasteiger partial charge in [-0.05, 0) is 12.1 Å². The van der Waals surface area contributed by atoms with Gasteiger partial charge in [0.1, 0.15) is 9.75 Å². The smallest absolute Gasteiger partial charge is 0.324 e. The van der Waals surface area contributed by atoms with Gasteiger partial charge in [0, 0.05) is 25.7 Å². The van der Waals surface area contributed by atoms with Gasteiger partial charge in [-0.1, -0.05) is 0 Å². The highest BCUT2D eigenvalue weighted by atomic mass is 32.1. The van der Waals surface area contributed by atoms with Crippen LogP contribution in [0, 0.1) is 0 Å². The number of carbonyl (C=O) groups excluding carboxylic acids is 6. The van der Waals surface area contributed by atoms with Gasteiger partial charge in [-0.25, -0.2) is 9.59 Å². The van der Waals surface area contributed by atoms with Crippen LogP contribution in [-0.4, -0.2) is 45.7 Å². The van der Waals surface area contributed by atoms with Crippen molar-refractivity contribution in [1.82, 2.24) is 10.1 Å². The van der Waals surface area contributed by atoms with Gasteiger partial charge in [-0.2, -0.15) is 0 Å². The second-order valence-electron chi connectivity index (χ2n) is 5.09. The van der Waals surface area contributed by atoms with E-state index in [0.29, 0.717) is 21.5 Å². The Labute approximate surface area is 143 Å². The van der Waals surface area contributed by atoms with Gasteiger partial charge in [0.05, 0.1) is 0 Å². The lowest BCUT2D eigenvalue weighted by molar-refractivity contribution is -0.173. The monoisotopic (exact) mass is 366 g/mol. The third-order valence-electron chi connectivity index (χ3n) is 3.37. The highest BCUT2D eigenvalue weighted by molar-refractivity contribution is 7.15. The SMILES string of the molecule is O=C(ON1C(=O)CCC1=O)c1ccc(C(=O)ON2C(=O)CCC2=O)s1. The van der Waals surface area contributed by atoms with Crippen LogP contribution in [0.25, 0.3) is 0 Å². The van der Waals surface area contributed by atoms with E-state index in [1.54, 1.807) is 0 Å². The average molecular weight is 366 g/mol. The van der Waals surface area contributed by atoms with Crippen LogP contribution in [0.15, 0.2) is 12.1 Å². The molecule has 2 aliphatic heterocycles. The van der Waals surface area contributed by atoms with Gasteiger partial charge in [-0.3, -0.25) is 19.2 Å². The maximum Gasteiger partial charge on any atom is 0.373 e. The van der Waals surface area contributed by atoms with Crippen molar-refractivity contribution in [2.75, 3.05) is 0 Å². The topological polar surface area (TPSA) is 127 Å². The Balaban J connectivity index is 1.65. The summed E-state index contributed by atoms with van der Waals surface area (Å²) in [6.07, 6.45) is -0.143. The van der Waals surface area contributed by atoms with Crippen LogP contribution in [0.4, 0.5) is 0 Å². The summed E-state index contributed by atoms with van der Waals surface area (Å²) in [6, 6.07) is 2.48. The van der Waals surface area contributed by atoms with Crippen LogP contribution in [0.1, 0.15) is 45.0 Å². The zero-order valence-electron chi connectivity index (χ0n) is 12.6. The van der Waals surface area contributed by atoms with Crippen LogP contribution in [0.5, 0.6) is 0 Å². The lowest BCUT2D eigenvalue weighted by Crippen LogP contribution is -2.32. The molecule has 11 heteroatoms. The number of hydrogen-bond donors (Lipinski definition) is 0. The minimum Gasteiger partial charge on any atom is -0.324 e. The van der Waals surface area contributed by atoms with Crippen molar-refractivity contribution < 1.29 is 38.4 Å². The first-order valence-corrected chi connectivity index (χ1v) is 7.94. The molecule has 0 N–H and O–H groups in total. The molecule has 0 bridgehead atoms. The van der Waals surface area contributed by atoms with E-state index in [9.17, 15) is 28.8 Å². The van der Waals surface area contributed by atoms with Crippen molar-refractivity contribution in [3.63, 3.8) is 0 Å².